The number of benzene rings is 9. The lowest BCUT2D eigenvalue weighted by molar-refractivity contribution is 0.660. The van der Waals surface area contributed by atoms with Gasteiger partial charge in [-0.15, -0.1) is 11.3 Å². The maximum atomic E-state index is 2.46. The van der Waals surface area contributed by atoms with Gasteiger partial charge in [-0.25, -0.2) is 0 Å². The number of fused-ring (bicyclic) bond motifs is 7. The fourth-order valence-electron chi connectivity index (χ4n) is 9.31. The molecule has 2 heteroatoms. The minimum atomic E-state index is -0.119. The van der Waals surface area contributed by atoms with Crippen molar-refractivity contribution in [1.29, 1.82) is 0 Å². The molecule has 0 radical (unpaired) electrons. The van der Waals surface area contributed by atoms with E-state index in [1.54, 1.807) is 0 Å². The minimum absolute atomic E-state index is 0.119. The lowest BCUT2D eigenvalue weighted by atomic mass is 9.82. The molecule has 1 heterocycles. The summed E-state index contributed by atoms with van der Waals surface area (Å²) in [6.07, 6.45) is 0. The van der Waals surface area contributed by atoms with Crippen LogP contribution in [0.15, 0.2) is 200 Å². The molecule has 0 bridgehead atoms. The summed E-state index contributed by atoms with van der Waals surface area (Å²) in [5.41, 5.74) is 16.0. The van der Waals surface area contributed by atoms with E-state index in [0.29, 0.717) is 0 Å². The third kappa shape index (κ3) is 5.44. The minimum Gasteiger partial charge on any atom is -0.310 e. The average molecular weight is 746 g/mol. The Balaban J connectivity index is 1.08. The summed E-state index contributed by atoms with van der Waals surface area (Å²) in [5, 5.41) is 5.17. The van der Waals surface area contributed by atoms with Gasteiger partial charge in [0, 0.05) is 42.5 Å². The van der Waals surface area contributed by atoms with Crippen LogP contribution < -0.4 is 4.90 Å². The molecule has 1 aliphatic carbocycles. The summed E-state index contributed by atoms with van der Waals surface area (Å²) in [6, 6.07) is 73.9. The summed E-state index contributed by atoms with van der Waals surface area (Å²) in [7, 11) is 0. The number of nitrogens with zero attached hydrogens (tertiary/aromatic N) is 1. The van der Waals surface area contributed by atoms with Gasteiger partial charge in [-0.05, 0) is 109 Å². The number of rotatable bonds is 6. The highest BCUT2D eigenvalue weighted by Gasteiger charge is 2.36. The van der Waals surface area contributed by atoms with E-state index in [9.17, 15) is 0 Å². The molecule has 0 amide bonds. The van der Waals surface area contributed by atoms with Crippen molar-refractivity contribution >= 4 is 59.3 Å². The summed E-state index contributed by atoms with van der Waals surface area (Å²) in [5.74, 6) is 0. The van der Waals surface area contributed by atoms with Crippen molar-refractivity contribution in [1.82, 2.24) is 0 Å². The van der Waals surface area contributed by atoms with Gasteiger partial charge in [0.05, 0.1) is 5.69 Å². The zero-order valence-electron chi connectivity index (χ0n) is 31.9. The van der Waals surface area contributed by atoms with E-state index in [4.69, 9.17) is 0 Å². The zero-order valence-corrected chi connectivity index (χ0v) is 32.7. The molecule has 1 nitrogen and oxygen atoms in total. The van der Waals surface area contributed by atoms with Crippen LogP contribution in [0.4, 0.5) is 17.1 Å². The molecule has 1 aromatic heterocycles. The molecular formula is C55H39NS. The highest BCUT2D eigenvalue weighted by atomic mass is 32.1. The van der Waals surface area contributed by atoms with Crippen LogP contribution in [0.1, 0.15) is 25.0 Å². The Bertz CT molecular complexity index is 3160. The quantitative estimate of drug-likeness (QED) is 0.164. The molecule has 0 aliphatic heterocycles. The normalized spacial score (nSPS) is 12.9. The van der Waals surface area contributed by atoms with Gasteiger partial charge in [0.1, 0.15) is 0 Å². The molecule has 0 atom stereocenters. The van der Waals surface area contributed by atoms with Crippen molar-refractivity contribution in [3.8, 4) is 44.5 Å². The summed E-state index contributed by atoms with van der Waals surface area (Å²) < 4.78 is 2.64. The predicted octanol–water partition coefficient (Wildman–Crippen LogP) is 16.0. The van der Waals surface area contributed by atoms with Gasteiger partial charge in [0.15, 0.2) is 0 Å². The number of anilines is 3. The van der Waals surface area contributed by atoms with E-state index < -0.39 is 0 Å². The second-order valence-corrected chi connectivity index (χ2v) is 16.8. The fraction of sp³-hybridized carbons (Fsp3) is 0.0545. The molecule has 270 valence electrons. The summed E-state index contributed by atoms with van der Waals surface area (Å²) in [6.45, 7) is 4.73. The summed E-state index contributed by atoms with van der Waals surface area (Å²) >= 11 is 1.87. The highest BCUT2D eigenvalue weighted by molar-refractivity contribution is 7.25. The number of hydrogen-bond donors (Lipinski definition) is 0. The standard InChI is InChI=1S/C55H39NS/c1-55(2)49-24-8-5-20-46(49)47-33-32-41(35-50(47)55)56(40-30-28-37(29-31-40)45-23-13-27-53-54(45)48-21-7-10-26-52(48)57-53)51-25-9-6-19-44(51)39-17-11-16-38(34-39)43-22-12-15-36-14-3-4-18-42(36)43/h3-35H,1-2H3. The molecule has 0 saturated heterocycles. The van der Waals surface area contributed by atoms with E-state index in [0.717, 1.165) is 17.1 Å². The Kier molecular flexibility index (Phi) is 7.77. The zero-order chi connectivity index (χ0) is 38.1. The molecule has 0 saturated carbocycles. The van der Waals surface area contributed by atoms with Crippen LogP contribution >= 0.6 is 11.3 Å². The van der Waals surface area contributed by atoms with E-state index in [1.165, 1.54) is 86.6 Å². The molecule has 0 spiro atoms. The first-order valence-electron chi connectivity index (χ1n) is 19.8. The van der Waals surface area contributed by atoms with Crippen LogP contribution in [-0.4, -0.2) is 0 Å². The smallest absolute Gasteiger partial charge is 0.0540 e. The largest absolute Gasteiger partial charge is 0.310 e. The van der Waals surface area contributed by atoms with Gasteiger partial charge in [-0.1, -0.05) is 166 Å². The third-order valence-electron chi connectivity index (χ3n) is 12.1. The van der Waals surface area contributed by atoms with Gasteiger partial charge in [0.25, 0.3) is 0 Å². The molecule has 0 unspecified atom stereocenters. The highest BCUT2D eigenvalue weighted by Crippen LogP contribution is 2.51. The van der Waals surface area contributed by atoms with Crippen LogP contribution in [0.25, 0.3) is 75.5 Å². The number of hydrogen-bond acceptors (Lipinski definition) is 2. The van der Waals surface area contributed by atoms with Crippen LogP contribution in [0.2, 0.25) is 0 Å². The molecule has 0 fully saturated rings. The van der Waals surface area contributed by atoms with Crippen molar-refractivity contribution in [3.05, 3.63) is 211 Å². The molecule has 11 rings (SSSR count). The van der Waals surface area contributed by atoms with E-state index in [1.807, 2.05) is 11.3 Å². The lowest BCUT2D eigenvalue weighted by Gasteiger charge is -2.30. The Labute approximate surface area is 337 Å². The average Bonchev–Trinajstić information content (AvgIpc) is 3.76. The maximum absolute atomic E-state index is 2.46. The maximum Gasteiger partial charge on any atom is 0.0540 e. The van der Waals surface area contributed by atoms with Crippen LogP contribution in [0.3, 0.4) is 0 Å². The van der Waals surface area contributed by atoms with Crippen molar-refractivity contribution in [2.75, 3.05) is 4.90 Å². The van der Waals surface area contributed by atoms with Gasteiger partial charge < -0.3 is 4.90 Å². The van der Waals surface area contributed by atoms with Crippen molar-refractivity contribution in [3.63, 3.8) is 0 Å². The van der Waals surface area contributed by atoms with Crippen molar-refractivity contribution in [2.24, 2.45) is 0 Å². The monoisotopic (exact) mass is 745 g/mol. The Morgan fingerprint density at radius 1 is 0.386 bits per heavy atom. The second kappa shape index (κ2) is 13.2. The lowest BCUT2D eigenvalue weighted by Crippen LogP contribution is -2.16. The third-order valence-corrected chi connectivity index (χ3v) is 13.2. The van der Waals surface area contributed by atoms with Crippen molar-refractivity contribution in [2.45, 2.75) is 19.3 Å². The topological polar surface area (TPSA) is 3.24 Å². The molecule has 1 aliphatic rings. The molecule has 9 aromatic carbocycles. The number of thiophene rings is 1. The fourth-order valence-corrected chi connectivity index (χ4v) is 10.4. The summed E-state index contributed by atoms with van der Waals surface area (Å²) in [4.78, 5) is 2.46. The molecule has 10 aromatic rings. The first kappa shape index (κ1) is 33.6. The Hall–Kier alpha value is -6.74. The van der Waals surface area contributed by atoms with Crippen LogP contribution in [0.5, 0.6) is 0 Å². The SMILES string of the molecule is CC1(C)c2ccccc2-c2ccc(N(c3ccc(-c4cccc5sc6ccccc6c45)cc3)c3ccccc3-c3cccc(-c4cccc5ccccc45)c3)cc21. The van der Waals surface area contributed by atoms with Gasteiger partial charge in [-0.2, -0.15) is 0 Å². The predicted molar refractivity (Wildman–Crippen MR) is 245 cm³/mol. The van der Waals surface area contributed by atoms with E-state index in [-0.39, 0.29) is 5.41 Å². The second-order valence-electron chi connectivity index (χ2n) is 15.7. The molecular weight excluding hydrogens is 707 g/mol. The molecule has 0 N–H and O–H groups in total. The van der Waals surface area contributed by atoms with Gasteiger partial charge in [0.2, 0.25) is 0 Å². The first-order chi connectivity index (χ1) is 28.0. The van der Waals surface area contributed by atoms with Gasteiger partial charge >= 0.3 is 0 Å². The van der Waals surface area contributed by atoms with E-state index >= 15 is 0 Å². The van der Waals surface area contributed by atoms with Gasteiger partial charge in [-0.3, -0.25) is 0 Å². The van der Waals surface area contributed by atoms with Crippen LogP contribution in [0, 0.1) is 0 Å². The van der Waals surface area contributed by atoms with Crippen molar-refractivity contribution < 1.29 is 0 Å². The Morgan fingerprint density at radius 3 is 1.86 bits per heavy atom. The van der Waals surface area contributed by atoms with Crippen LogP contribution in [-0.2, 0) is 5.41 Å². The van der Waals surface area contributed by atoms with E-state index in [2.05, 4.69) is 219 Å². The number of para-hydroxylation sites is 1. The Morgan fingerprint density at radius 2 is 0.982 bits per heavy atom. The molecule has 57 heavy (non-hydrogen) atoms. The first-order valence-corrected chi connectivity index (χ1v) is 20.6.